The third-order valence-electron chi connectivity index (χ3n) is 2.88. The largest absolute Gasteiger partial charge is 0.478 e. The van der Waals surface area contributed by atoms with Crippen LogP contribution in [0.5, 0.6) is 0 Å². The average molecular weight is 292 g/mol. The Labute approximate surface area is 121 Å². The highest BCUT2D eigenvalue weighted by molar-refractivity contribution is 8.13. The summed E-state index contributed by atoms with van der Waals surface area (Å²) in [6.45, 7) is 1.75. The van der Waals surface area contributed by atoms with Crippen molar-refractivity contribution >= 4 is 22.9 Å². The van der Waals surface area contributed by atoms with Crippen LogP contribution in [0.3, 0.4) is 0 Å². The van der Waals surface area contributed by atoms with Gasteiger partial charge < -0.3 is 15.2 Å². The minimum Gasteiger partial charge on any atom is -0.478 e. The number of hydrogen-bond donors (Lipinski definition) is 2. The van der Waals surface area contributed by atoms with E-state index >= 15 is 0 Å². The average Bonchev–Trinajstić information content (AvgIpc) is 2.45. The molecular formula is C14H16N2O3S. The molecule has 0 fully saturated rings. The van der Waals surface area contributed by atoms with E-state index in [2.05, 4.69) is 10.3 Å². The van der Waals surface area contributed by atoms with Crippen molar-refractivity contribution in [2.75, 3.05) is 13.0 Å². The van der Waals surface area contributed by atoms with Crippen molar-refractivity contribution in [2.24, 2.45) is 4.99 Å². The van der Waals surface area contributed by atoms with Gasteiger partial charge in [0, 0.05) is 12.8 Å². The number of nitrogens with one attached hydrogen (secondary N) is 1. The molecule has 1 aliphatic heterocycles. The summed E-state index contributed by atoms with van der Waals surface area (Å²) in [4.78, 5) is 16.0. The fraction of sp³-hybridized carbons (Fsp3) is 0.286. The molecule has 0 saturated carbocycles. The van der Waals surface area contributed by atoms with Crippen LogP contribution in [0.15, 0.2) is 46.6 Å². The number of amidine groups is 1. The molecule has 0 aliphatic carbocycles. The number of aliphatic carboxylic acids is 1. The number of benzene rings is 1. The SMILES string of the molecule is COCSC1=NC(c2ccccc2)C(C(=O)O)=C(C)N1. The van der Waals surface area contributed by atoms with Gasteiger partial charge >= 0.3 is 5.97 Å². The van der Waals surface area contributed by atoms with Gasteiger partial charge in [0.15, 0.2) is 5.17 Å². The van der Waals surface area contributed by atoms with Gasteiger partial charge in [-0.05, 0) is 12.5 Å². The van der Waals surface area contributed by atoms with Crippen LogP contribution in [-0.2, 0) is 9.53 Å². The number of carbonyl (C=O) groups is 1. The molecule has 20 heavy (non-hydrogen) atoms. The van der Waals surface area contributed by atoms with Gasteiger partial charge in [-0.1, -0.05) is 42.1 Å². The quantitative estimate of drug-likeness (QED) is 0.834. The fourth-order valence-electron chi connectivity index (χ4n) is 1.99. The molecule has 1 atom stereocenters. The maximum atomic E-state index is 11.5. The Morgan fingerprint density at radius 2 is 2.15 bits per heavy atom. The van der Waals surface area contributed by atoms with E-state index in [0.29, 0.717) is 16.8 Å². The van der Waals surface area contributed by atoms with E-state index in [1.807, 2.05) is 30.3 Å². The zero-order chi connectivity index (χ0) is 14.5. The Balaban J connectivity index is 2.37. The molecule has 6 heteroatoms. The van der Waals surface area contributed by atoms with Crippen molar-refractivity contribution in [2.45, 2.75) is 13.0 Å². The highest BCUT2D eigenvalue weighted by Crippen LogP contribution is 2.31. The van der Waals surface area contributed by atoms with Crippen molar-refractivity contribution in [1.29, 1.82) is 0 Å². The zero-order valence-corrected chi connectivity index (χ0v) is 12.1. The normalized spacial score (nSPS) is 18.5. The highest BCUT2D eigenvalue weighted by Gasteiger charge is 2.28. The van der Waals surface area contributed by atoms with E-state index in [0.717, 1.165) is 5.56 Å². The second kappa shape index (κ2) is 6.58. The Morgan fingerprint density at radius 3 is 2.75 bits per heavy atom. The van der Waals surface area contributed by atoms with Gasteiger partial charge in [0.25, 0.3) is 0 Å². The van der Waals surface area contributed by atoms with E-state index < -0.39 is 12.0 Å². The number of methoxy groups -OCH3 is 1. The van der Waals surface area contributed by atoms with Crippen molar-refractivity contribution in [1.82, 2.24) is 5.32 Å². The maximum Gasteiger partial charge on any atom is 0.335 e. The fourth-order valence-corrected chi connectivity index (χ4v) is 2.62. The van der Waals surface area contributed by atoms with Gasteiger partial charge in [-0.3, -0.25) is 0 Å². The van der Waals surface area contributed by atoms with Crippen LogP contribution < -0.4 is 5.32 Å². The Bertz CT molecular complexity index is 555. The molecule has 0 saturated heterocycles. The number of nitrogens with zero attached hydrogens (tertiary/aromatic N) is 1. The van der Waals surface area contributed by atoms with Gasteiger partial charge in [-0.25, -0.2) is 9.79 Å². The summed E-state index contributed by atoms with van der Waals surface area (Å²) in [5.41, 5.74) is 1.75. The van der Waals surface area contributed by atoms with Crippen molar-refractivity contribution in [3.63, 3.8) is 0 Å². The smallest absolute Gasteiger partial charge is 0.335 e. The minimum atomic E-state index is -0.955. The first-order valence-corrected chi connectivity index (χ1v) is 7.07. The van der Waals surface area contributed by atoms with Gasteiger partial charge in [-0.15, -0.1) is 0 Å². The van der Waals surface area contributed by atoms with Crippen LogP contribution in [-0.4, -0.2) is 29.3 Å². The molecule has 2 rings (SSSR count). The molecule has 0 bridgehead atoms. The molecule has 1 heterocycles. The first kappa shape index (κ1) is 14.6. The predicted octanol–water partition coefficient (Wildman–Crippen LogP) is 2.38. The number of carboxylic acid groups (broad SMARTS) is 1. The lowest BCUT2D eigenvalue weighted by Crippen LogP contribution is -2.30. The summed E-state index contributed by atoms with van der Waals surface area (Å²) in [7, 11) is 1.61. The molecule has 1 aromatic carbocycles. The van der Waals surface area contributed by atoms with Crippen molar-refractivity contribution < 1.29 is 14.6 Å². The lowest BCUT2D eigenvalue weighted by atomic mass is 9.97. The van der Waals surface area contributed by atoms with Crippen LogP contribution >= 0.6 is 11.8 Å². The number of thioether (sulfide) groups is 1. The molecule has 5 nitrogen and oxygen atoms in total. The molecule has 0 aromatic heterocycles. The molecule has 2 N–H and O–H groups in total. The van der Waals surface area contributed by atoms with E-state index in [1.54, 1.807) is 14.0 Å². The number of allylic oxidation sites excluding steroid dienone is 1. The molecule has 0 amide bonds. The number of hydrogen-bond acceptors (Lipinski definition) is 5. The standard InChI is InChI=1S/C14H16N2O3S/c1-9-11(13(17)18)12(10-6-4-3-5-7-10)16-14(15-9)20-8-19-2/h3-7,12H,8H2,1-2H3,(H,15,16)(H,17,18). The molecule has 0 spiro atoms. The summed E-state index contributed by atoms with van der Waals surface area (Å²) >= 11 is 1.40. The van der Waals surface area contributed by atoms with Crippen LogP contribution in [0.25, 0.3) is 0 Å². The maximum absolute atomic E-state index is 11.5. The second-order valence-corrected chi connectivity index (χ2v) is 5.18. The van der Waals surface area contributed by atoms with Crippen LogP contribution in [0, 0.1) is 0 Å². The molecular weight excluding hydrogens is 276 g/mol. The lowest BCUT2D eigenvalue weighted by Gasteiger charge is -2.24. The Hall–Kier alpha value is -1.79. The summed E-state index contributed by atoms with van der Waals surface area (Å²) in [6.07, 6.45) is 0. The van der Waals surface area contributed by atoms with Crippen molar-refractivity contribution in [3.05, 3.63) is 47.2 Å². The number of aliphatic imine (C=N–C) groups is 1. The van der Waals surface area contributed by atoms with E-state index in [1.165, 1.54) is 11.8 Å². The Kier molecular flexibility index (Phi) is 4.81. The molecule has 1 aliphatic rings. The van der Waals surface area contributed by atoms with Crippen molar-refractivity contribution in [3.8, 4) is 0 Å². The first-order chi connectivity index (χ1) is 9.63. The predicted molar refractivity (Wildman–Crippen MR) is 79.6 cm³/mol. The van der Waals surface area contributed by atoms with Gasteiger partial charge in [0.05, 0.1) is 11.5 Å². The number of ether oxygens (including phenoxy) is 1. The second-order valence-electron chi connectivity index (χ2n) is 4.27. The number of rotatable bonds is 4. The minimum absolute atomic E-state index is 0.276. The number of carboxylic acids is 1. The van der Waals surface area contributed by atoms with Gasteiger partial charge in [-0.2, -0.15) is 0 Å². The molecule has 0 radical (unpaired) electrons. The third-order valence-corrected chi connectivity index (χ3v) is 3.71. The summed E-state index contributed by atoms with van der Waals surface area (Å²) < 4.78 is 5.00. The molecule has 106 valence electrons. The van der Waals surface area contributed by atoms with Crippen LogP contribution in [0.2, 0.25) is 0 Å². The van der Waals surface area contributed by atoms with Crippen LogP contribution in [0.1, 0.15) is 18.5 Å². The third kappa shape index (κ3) is 3.20. The summed E-state index contributed by atoms with van der Waals surface area (Å²) in [6, 6.07) is 8.93. The monoisotopic (exact) mass is 292 g/mol. The van der Waals surface area contributed by atoms with E-state index in [4.69, 9.17) is 4.74 Å². The topological polar surface area (TPSA) is 70.9 Å². The van der Waals surface area contributed by atoms with Gasteiger partial charge in [0.2, 0.25) is 0 Å². The molecule has 1 aromatic rings. The first-order valence-electron chi connectivity index (χ1n) is 6.09. The lowest BCUT2D eigenvalue weighted by molar-refractivity contribution is -0.133. The summed E-state index contributed by atoms with van der Waals surface area (Å²) in [5, 5.41) is 13.1. The highest BCUT2D eigenvalue weighted by atomic mass is 32.2. The van der Waals surface area contributed by atoms with Crippen LogP contribution in [0.4, 0.5) is 0 Å². The van der Waals surface area contributed by atoms with E-state index in [-0.39, 0.29) is 5.57 Å². The summed E-state index contributed by atoms with van der Waals surface area (Å²) in [5.74, 6) is -0.494. The van der Waals surface area contributed by atoms with Gasteiger partial charge in [0.1, 0.15) is 6.04 Å². The molecule has 1 unspecified atom stereocenters. The zero-order valence-electron chi connectivity index (χ0n) is 11.3. The Morgan fingerprint density at radius 1 is 1.45 bits per heavy atom. The van der Waals surface area contributed by atoms with E-state index in [9.17, 15) is 9.90 Å².